The Labute approximate surface area is 123 Å². The second-order valence-electron chi connectivity index (χ2n) is 5.54. The molecule has 1 aliphatic heterocycles. The van der Waals surface area contributed by atoms with Crippen LogP contribution in [0, 0.1) is 0 Å². The van der Waals surface area contributed by atoms with Gasteiger partial charge in [0.05, 0.1) is 0 Å². The quantitative estimate of drug-likeness (QED) is 0.935. The van der Waals surface area contributed by atoms with Crippen molar-refractivity contribution in [1.29, 1.82) is 0 Å². The van der Waals surface area contributed by atoms with E-state index in [0.29, 0.717) is 11.7 Å². The number of fused-ring (bicyclic) bond motifs is 1. The summed E-state index contributed by atoms with van der Waals surface area (Å²) in [5.41, 5.74) is 2.93. The number of hydrogen-bond donors (Lipinski definition) is 1. The summed E-state index contributed by atoms with van der Waals surface area (Å²) < 4.78 is 0. The molecule has 1 aliphatic carbocycles. The number of rotatable bonds is 3. The van der Waals surface area contributed by atoms with E-state index in [-0.39, 0.29) is 5.91 Å². The van der Waals surface area contributed by atoms with Crippen LogP contribution in [-0.4, -0.2) is 28.5 Å². The average molecular weight is 280 g/mol. The number of anilines is 2. The van der Waals surface area contributed by atoms with Gasteiger partial charge in [0.15, 0.2) is 0 Å². The molecule has 2 aromatic rings. The van der Waals surface area contributed by atoms with E-state index < -0.39 is 0 Å². The van der Waals surface area contributed by atoms with E-state index in [1.54, 1.807) is 6.07 Å². The summed E-state index contributed by atoms with van der Waals surface area (Å²) in [4.78, 5) is 22.7. The average Bonchev–Trinajstić information content (AvgIpc) is 3.23. The fraction of sp³-hybridized carbons (Fsp3) is 0.312. The van der Waals surface area contributed by atoms with Crippen molar-refractivity contribution in [3.8, 4) is 0 Å². The van der Waals surface area contributed by atoms with Crippen LogP contribution >= 0.6 is 0 Å². The van der Waals surface area contributed by atoms with Crippen LogP contribution in [0.4, 0.5) is 11.5 Å². The van der Waals surface area contributed by atoms with Crippen LogP contribution < -0.4 is 10.2 Å². The van der Waals surface area contributed by atoms with Crippen molar-refractivity contribution in [2.45, 2.75) is 25.3 Å². The van der Waals surface area contributed by atoms with E-state index in [2.05, 4.69) is 38.4 Å². The van der Waals surface area contributed by atoms with Crippen molar-refractivity contribution >= 4 is 17.4 Å². The largest absolute Gasteiger partial charge is 0.348 e. The fourth-order valence-corrected chi connectivity index (χ4v) is 2.68. The monoisotopic (exact) mass is 280 g/mol. The number of aromatic nitrogens is 2. The zero-order chi connectivity index (χ0) is 14.2. The molecule has 0 unspecified atom stereocenters. The van der Waals surface area contributed by atoms with Crippen molar-refractivity contribution in [2.24, 2.45) is 0 Å². The van der Waals surface area contributed by atoms with Gasteiger partial charge < -0.3 is 10.2 Å². The van der Waals surface area contributed by atoms with Gasteiger partial charge in [0.1, 0.15) is 17.8 Å². The third kappa shape index (κ3) is 2.35. The lowest BCUT2D eigenvalue weighted by molar-refractivity contribution is 0.0946. The molecule has 0 atom stereocenters. The van der Waals surface area contributed by atoms with Gasteiger partial charge in [0.2, 0.25) is 0 Å². The van der Waals surface area contributed by atoms with Crippen molar-refractivity contribution in [3.05, 3.63) is 47.9 Å². The third-order valence-corrected chi connectivity index (χ3v) is 3.96. The van der Waals surface area contributed by atoms with Crippen molar-refractivity contribution in [2.75, 3.05) is 11.4 Å². The predicted molar refractivity (Wildman–Crippen MR) is 79.7 cm³/mol. The Kier molecular flexibility index (Phi) is 2.84. The first-order chi connectivity index (χ1) is 10.3. The van der Waals surface area contributed by atoms with Crippen molar-refractivity contribution in [1.82, 2.24) is 15.3 Å². The minimum Gasteiger partial charge on any atom is -0.348 e. The molecule has 4 rings (SSSR count). The zero-order valence-corrected chi connectivity index (χ0v) is 11.6. The molecule has 0 radical (unpaired) electrons. The Balaban J connectivity index is 1.62. The molecule has 5 nitrogen and oxygen atoms in total. The maximum Gasteiger partial charge on any atom is 0.270 e. The van der Waals surface area contributed by atoms with E-state index in [4.69, 9.17) is 0 Å². The Morgan fingerprint density at radius 3 is 2.95 bits per heavy atom. The Bertz CT molecular complexity index is 696. The fourth-order valence-electron chi connectivity index (χ4n) is 2.68. The second kappa shape index (κ2) is 4.84. The molecule has 1 fully saturated rings. The molecule has 1 amide bonds. The van der Waals surface area contributed by atoms with Crippen LogP contribution in [0.5, 0.6) is 0 Å². The highest BCUT2D eigenvalue weighted by molar-refractivity contribution is 5.93. The van der Waals surface area contributed by atoms with Gasteiger partial charge in [-0.05, 0) is 30.9 Å². The molecule has 106 valence electrons. The summed E-state index contributed by atoms with van der Waals surface area (Å²) >= 11 is 0. The van der Waals surface area contributed by atoms with Crippen LogP contribution in [0.2, 0.25) is 0 Å². The summed E-state index contributed by atoms with van der Waals surface area (Å²) in [6.07, 6.45) is 4.62. The normalized spacial score (nSPS) is 16.7. The number of carbonyl (C=O) groups is 1. The minimum absolute atomic E-state index is 0.103. The molecule has 21 heavy (non-hydrogen) atoms. The highest BCUT2D eigenvalue weighted by Crippen LogP contribution is 2.33. The highest BCUT2D eigenvalue weighted by Gasteiger charge is 2.25. The minimum atomic E-state index is -0.103. The maximum absolute atomic E-state index is 12.1. The Hall–Kier alpha value is -2.43. The van der Waals surface area contributed by atoms with Crippen LogP contribution in [0.3, 0.4) is 0 Å². The molecule has 1 N–H and O–H groups in total. The van der Waals surface area contributed by atoms with Gasteiger partial charge >= 0.3 is 0 Å². The smallest absolute Gasteiger partial charge is 0.270 e. The molecule has 0 saturated heterocycles. The van der Waals surface area contributed by atoms with Crippen LogP contribution in [-0.2, 0) is 6.42 Å². The molecular weight excluding hydrogens is 264 g/mol. The molecule has 0 spiro atoms. The van der Waals surface area contributed by atoms with E-state index in [1.807, 2.05) is 6.07 Å². The topological polar surface area (TPSA) is 58.1 Å². The van der Waals surface area contributed by atoms with Crippen LogP contribution in [0.1, 0.15) is 28.9 Å². The number of para-hydroxylation sites is 1. The van der Waals surface area contributed by atoms with Crippen molar-refractivity contribution < 1.29 is 4.79 Å². The second-order valence-corrected chi connectivity index (χ2v) is 5.54. The number of nitrogens with zero attached hydrogens (tertiary/aromatic N) is 3. The molecule has 2 aliphatic rings. The van der Waals surface area contributed by atoms with Gasteiger partial charge in [-0.15, -0.1) is 0 Å². The lowest BCUT2D eigenvalue weighted by atomic mass is 10.2. The van der Waals surface area contributed by atoms with Gasteiger partial charge in [-0.2, -0.15) is 0 Å². The van der Waals surface area contributed by atoms with Gasteiger partial charge in [-0.3, -0.25) is 4.79 Å². The van der Waals surface area contributed by atoms with Crippen LogP contribution in [0.15, 0.2) is 36.7 Å². The zero-order valence-electron chi connectivity index (χ0n) is 11.6. The standard InChI is InChI=1S/C16H16N4O/c21-16(19-12-5-6-12)13-9-15(18-10-17-13)20-8-7-11-3-1-2-4-14(11)20/h1-4,9-10,12H,5-8H2,(H,19,21). The van der Waals surface area contributed by atoms with E-state index in [0.717, 1.165) is 31.6 Å². The Morgan fingerprint density at radius 1 is 1.24 bits per heavy atom. The number of carbonyl (C=O) groups excluding carboxylic acids is 1. The lowest BCUT2D eigenvalue weighted by Gasteiger charge is -2.18. The molecule has 2 heterocycles. The number of amides is 1. The lowest BCUT2D eigenvalue weighted by Crippen LogP contribution is -2.27. The third-order valence-electron chi connectivity index (χ3n) is 3.96. The van der Waals surface area contributed by atoms with E-state index in [9.17, 15) is 4.79 Å². The maximum atomic E-state index is 12.1. The number of benzene rings is 1. The molecule has 0 bridgehead atoms. The molecule has 1 saturated carbocycles. The summed E-state index contributed by atoms with van der Waals surface area (Å²) in [6.45, 7) is 0.889. The van der Waals surface area contributed by atoms with Gasteiger partial charge in [0.25, 0.3) is 5.91 Å². The Morgan fingerprint density at radius 2 is 2.10 bits per heavy atom. The molecule has 1 aromatic heterocycles. The molecule has 1 aromatic carbocycles. The summed E-state index contributed by atoms with van der Waals surface area (Å²) in [7, 11) is 0. The van der Waals surface area contributed by atoms with Crippen LogP contribution in [0.25, 0.3) is 0 Å². The first-order valence-corrected chi connectivity index (χ1v) is 7.29. The van der Waals surface area contributed by atoms with Crippen molar-refractivity contribution in [3.63, 3.8) is 0 Å². The highest BCUT2D eigenvalue weighted by atomic mass is 16.2. The number of nitrogens with one attached hydrogen (secondary N) is 1. The van der Waals surface area contributed by atoms with Gasteiger partial charge in [-0.25, -0.2) is 9.97 Å². The van der Waals surface area contributed by atoms with E-state index in [1.165, 1.54) is 17.6 Å². The summed E-state index contributed by atoms with van der Waals surface area (Å²) in [5.74, 6) is 0.685. The van der Waals surface area contributed by atoms with Gasteiger partial charge in [0, 0.05) is 24.3 Å². The SMILES string of the molecule is O=C(NC1CC1)c1cc(N2CCc3ccccc32)ncn1. The summed E-state index contributed by atoms with van der Waals surface area (Å²) in [5, 5.41) is 2.96. The first-order valence-electron chi connectivity index (χ1n) is 7.29. The molecular formula is C16H16N4O. The van der Waals surface area contributed by atoms with Gasteiger partial charge in [-0.1, -0.05) is 18.2 Å². The predicted octanol–water partition coefficient (Wildman–Crippen LogP) is 2.06. The number of hydrogen-bond acceptors (Lipinski definition) is 4. The molecule has 5 heteroatoms. The first kappa shape index (κ1) is 12.3. The van der Waals surface area contributed by atoms with E-state index >= 15 is 0 Å². The summed E-state index contributed by atoms with van der Waals surface area (Å²) in [6, 6.07) is 10.4.